The van der Waals surface area contributed by atoms with Gasteiger partial charge in [0.1, 0.15) is 5.60 Å². The van der Waals surface area contributed by atoms with Gasteiger partial charge in [0.15, 0.2) is 0 Å². The van der Waals surface area contributed by atoms with E-state index in [1.54, 1.807) is 0 Å². The smallest absolute Gasteiger partial charge is 0.122 e. The Morgan fingerprint density at radius 3 is 1.82 bits per heavy atom. The molecule has 4 aromatic rings. The fraction of sp³-hybridized carbons (Fsp3) is 0.517. The van der Waals surface area contributed by atoms with Crippen molar-refractivity contribution < 1.29 is 14.6 Å². The standard InChI is InChI=1S/C58H78O3/c1-5-9-11-13-15-21-41-57(42-22-16-14-12-10-6-2)54-29-19-18-28-52(54)53-40-35-48(45-56(53)57)51-27-17-20-30-55(51)58(59,49-36-31-46(32-37-49)25-23-43-60-7-3)50-38-33-47(34-39-50)26-24-44-61-8-4/h17-20,27-38,40,45,50,59H,5-16,21-26,39,41-44H2,1-4H3. The van der Waals surface area contributed by atoms with Crippen molar-refractivity contribution in [2.45, 2.75) is 161 Å². The van der Waals surface area contributed by atoms with Crippen molar-refractivity contribution in [1.82, 2.24) is 0 Å². The summed E-state index contributed by atoms with van der Waals surface area (Å²) in [6, 6.07) is 34.2. The lowest BCUT2D eigenvalue weighted by Crippen LogP contribution is -2.36. The molecule has 0 aromatic heterocycles. The first-order valence-corrected chi connectivity index (χ1v) is 24.7. The van der Waals surface area contributed by atoms with Crippen molar-refractivity contribution in [3.05, 3.63) is 143 Å². The van der Waals surface area contributed by atoms with Gasteiger partial charge >= 0.3 is 0 Å². The third-order valence-corrected chi connectivity index (χ3v) is 13.9. The predicted octanol–water partition coefficient (Wildman–Crippen LogP) is 15.6. The number of unbranched alkanes of at least 4 members (excludes halogenated alkanes) is 10. The lowest BCUT2D eigenvalue weighted by molar-refractivity contribution is 0.0372. The SMILES string of the molecule is CCCCCCCCC1(CCCCCCCC)c2ccccc2-c2ccc(-c3ccccc3C(O)(c3ccc(CCCOCC)cc3)C3C=CC(CCCOCC)=CC3)cc21. The number of benzene rings is 4. The molecule has 61 heavy (non-hydrogen) atoms. The highest BCUT2D eigenvalue weighted by Gasteiger charge is 2.44. The number of aryl methyl sites for hydroxylation is 1. The van der Waals surface area contributed by atoms with Gasteiger partial charge in [-0.05, 0) is 115 Å². The van der Waals surface area contributed by atoms with Crippen LogP contribution in [0, 0.1) is 5.92 Å². The third-order valence-electron chi connectivity index (χ3n) is 13.9. The molecule has 0 aliphatic heterocycles. The van der Waals surface area contributed by atoms with Gasteiger partial charge in [-0.15, -0.1) is 0 Å². The van der Waals surface area contributed by atoms with Crippen LogP contribution in [-0.2, 0) is 26.9 Å². The zero-order valence-electron chi connectivity index (χ0n) is 38.5. The molecule has 328 valence electrons. The maximum absolute atomic E-state index is 13.6. The number of aliphatic hydroxyl groups is 1. The summed E-state index contributed by atoms with van der Waals surface area (Å²) >= 11 is 0. The van der Waals surface area contributed by atoms with E-state index in [0.717, 1.165) is 75.2 Å². The van der Waals surface area contributed by atoms with E-state index >= 15 is 0 Å². The topological polar surface area (TPSA) is 38.7 Å². The maximum atomic E-state index is 13.6. The molecule has 6 rings (SSSR count). The Hall–Kier alpha value is -3.76. The van der Waals surface area contributed by atoms with E-state index < -0.39 is 5.60 Å². The quantitative estimate of drug-likeness (QED) is 0.0580. The maximum Gasteiger partial charge on any atom is 0.122 e. The van der Waals surface area contributed by atoms with Gasteiger partial charge in [0.05, 0.1) is 0 Å². The lowest BCUT2D eigenvalue weighted by Gasteiger charge is -2.38. The summed E-state index contributed by atoms with van der Waals surface area (Å²) in [5.41, 5.74) is 11.5. The molecular weight excluding hydrogens is 745 g/mol. The van der Waals surface area contributed by atoms with Gasteiger partial charge in [-0.3, -0.25) is 0 Å². The summed E-state index contributed by atoms with van der Waals surface area (Å²) in [4.78, 5) is 0. The molecule has 3 nitrogen and oxygen atoms in total. The second-order valence-electron chi connectivity index (χ2n) is 18.0. The van der Waals surface area contributed by atoms with Crippen LogP contribution in [0.15, 0.2) is 115 Å². The lowest BCUT2D eigenvalue weighted by atomic mass is 9.69. The van der Waals surface area contributed by atoms with Crippen molar-refractivity contribution in [2.24, 2.45) is 5.92 Å². The molecule has 0 spiro atoms. The average Bonchev–Trinajstić information content (AvgIpc) is 3.57. The minimum absolute atomic E-state index is 0.00380. The van der Waals surface area contributed by atoms with Gasteiger partial charge in [-0.25, -0.2) is 0 Å². The minimum atomic E-state index is -1.24. The Morgan fingerprint density at radius 2 is 1.18 bits per heavy atom. The molecule has 0 fully saturated rings. The van der Waals surface area contributed by atoms with Crippen molar-refractivity contribution >= 4 is 0 Å². The van der Waals surface area contributed by atoms with Crippen LogP contribution in [0.1, 0.15) is 171 Å². The zero-order chi connectivity index (χ0) is 42.8. The van der Waals surface area contributed by atoms with E-state index in [9.17, 15) is 5.11 Å². The third kappa shape index (κ3) is 11.6. The van der Waals surface area contributed by atoms with Crippen LogP contribution >= 0.6 is 0 Å². The Kier molecular flexibility index (Phi) is 18.5. The molecule has 0 amide bonds. The highest BCUT2D eigenvalue weighted by molar-refractivity contribution is 5.84. The van der Waals surface area contributed by atoms with E-state index in [4.69, 9.17) is 9.47 Å². The molecule has 4 aromatic carbocycles. The molecule has 0 bridgehead atoms. The van der Waals surface area contributed by atoms with Crippen LogP contribution in [-0.4, -0.2) is 31.5 Å². The van der Waals surface area contributed by atoms with E-state index in [2.05, 4.69) is 137 Å². The molecular formula is C58H78O3. The Bertz CT molecular complexity index is 1950. The summed E-state index contributed by atoms with van der Waals surface area (Å²) in [5.74, 6) is -0.119. The van der Waals surface area contributed by atoms with Gasteiger partial charge in [0.2, 0.25) is 0 Å². The molecule has 2 unspecified atom stereocenters. The summed E-state index contributed by atoms with van der Waals surface area (Å²) in [7, 11) is 0. The second kappa shape index (κ2) is 24.2. The predicted molar refractivity (Wildman–Crippen MR) is 259 cm³/mol. The fourth-order valence-electron chi connectivity index (χ4n) is 10.5. The number of allylic oxidation sites excluding steroid dienone is 3. The fourth-order valence-corrected chi connectivity index (χ4v) is 10.5. The van der Waals surface area contributed by atoms with Gasteiger partial charge in [-0.2, -0.15) is 0 Å². The van der Waals surface area contributed by atoms with Gasteiger partial charge in [0.25, 0.3) is 0 Å². The van der Waals surface area contributed by atoms with Crippen LogP contribution in [0.5, 0.6) is 0 Å². The normalized spacial score (nSPS) is 16.3. The van der Waals surface area contributed by atoms with Crippen molar-refractivity contribution in [3.8, 4) is 22.3 Å². The highest BCUT2D eigenvalue weighted by atomic mass is 16.5. The van der Waals surface area contributed by atoms with E-state index in [1.165, 1.54) is 129 Å². The van der Waals surface area contributed by atoms with Crippen molar-refractivity contribution in [2.75, 3.05) is 26.4 Å². The van der Waals surface area contributed by atoms with Crippen LogP contribution in [0.25, 0.3) is 22.3 Å². The average molecular weight is 823 g/mol. The van der Waals surface area contributed by atoms with E-state index in [0.29, 0.717) is 0 Å². The monoisotopic (exact) mass is 823 g/mol. The Balaban J connectivity index is 1.39. The first kappa shape index (κ1) is 46.7. The second-order valence-corrected chi connectivity index (χ2v) is 18.0. The molecule has 0 radical (unpaired) electrons. The number of fused-ring (bicyclic) bond motifs is 3. The molecule has 2 atom stereocenters. The summed E-state index contributed by atoms with van der Waals surface area (Å²) < 4.78 is 11.3. The number of hydrogen-bond acceptors (Lipinski definition) is 3. The zero-order valence-corrected chi connectivity index (χ0v) is 38.5. The van der Waals surface area contributed by atoms with Crippen LogP contribution < -0.4 is 0 Å². The number of ether oxygens (including phenoxy) is 2. The van der Waals surface area contributed by atoms with Gasteiger partial charge in [-0.1, -0.05) is 200 Å². The van der Waals surface area contributed by atoms with Crippen LogP contribution in [0.4, 0.5) is 0 Å². The molecule has 1 N–H and O–H groups in total. The van der Waals surface area contributed by atoms with Gasteiger partial charge in [0, 0.05) is 37.8 Å². The van der Waals surface area contributed by atoms with Gasteiger partial charge < -0.3 is 14.6 Å². The summed E-state index contributed by atoms with van der Waals surface area (Å²) in [5, 5.41) is 13.6. The summed E-state index contributed by atoms with van der Waals surface area (Å²) in [6.07, 6.45) is 29.7. The minimum Gasteiger partial charge on any atom is -0.382 e. The number of hydrogen-bond donors (Lipinski definition) is 1. The number of rotatable bonds is 28. The highest BCUT2D eigenvalue weighted by Crippen LogP contribution is 2.55. The summed E-state index contributed by atoms with van der Waals surface area (Å²) in [6.45, 7) is 11.8. The van der Waals surface area contributed by atoms with Crippen molar-refractivity contribution in [3.63, 3.8) is 0 Å². The van der Waals surface area contributed by atoms with E-state index in [1.807, 2.05) is 0 Å². The molecule has 2 aliphatic rings. The van der Waals surface area contributed by atoms with E-state index in [-0.39, 0.29) is 11.3 Å². The molecule has 0 saturated carbocycles. The molecule has 2 aliphatic carbocycles. The Labute approximate surface area is 371 Å². The largest absolute Gasteiger partial charge is 0.382 e. The van der Waals surface area contributed by atoms with Crippen molar-refractivity contribution in [1.29, 1.82) is 0 Å². The van der Waals surface area contributed by atoms with Crippen LogP contribution in [0.3, 0.4) is 0 Å². The molecule has 0 heterocycles. The molecule has 3 heteroatoms. The Morgan fingerprint density at radius 1 is 0.590 bits per heavy atom. The first-order chi connectivity index (χ1) is 30.0. The first-order valence-electron chi connectivity index (χ1n) is 24.7. The molecule has 0 saturated heterocycles. The van der Waals surface area contributed by atoms with Crippen LogP contribution in [0.2, 0.25) is 0 Å².